The third-order valence-corrected chi connectivity index (χ3v) is 8.57. The lowest BCUT2D eigenvalue weighted by Gasteiger charge is -2.13. The smallest absolute Gasteiger partial charge is 0.253 e. The molecule has 1 N–H and O–H groups in total. The highest BCUT2D eigenvalue weighted by Gasteiger charge is 2.20. The van der Waals surface area contributed by atoms with Crippen LogP contribution in [-0.4, -0.2) is 36.2 Å². The molecule has 2 aromatic carbocycles. The maximum absolute atomic E-state index is 13.4. The van der Waals surface area contributed by atoms with Crippen LogP contribution in [0.5, 0.6) is 17.2 Å². The molecule has 0 unspecified atom stereocenters. The molecule has 0 spiro atoms. The van der Waals surface area contributed by atoms with E-state index < -0.39 is 0 Å². The topological polar surface area (TPSA) is 74.6 Å². The van der Waals surface area contributed by atoms with E-state index in [2.05, 4.69) is 28.1 Å². The molecule has 0 aliphatic heterocycles. The summed E-state index contributed by atoms with van der Waals surface area (Å²) in [5, 5.41) is 6.08. The van der Waals surface area contributed by atoms with Gasteiger partial charge in [-0.15, -0.1) is 11.3 Å². The Balaban J connectivity index is 1.32. The summed E-state index contributed by atoms with van der Waals surface area (Å²) in [5.41, 5.74) is 6.08. The zero-order valence-electron chi connectivity index (χ0n) is 24.7. The minimum absolute atomic E-state index is 0.0355. The maximum Gasteiger partial charge on any atom is 0.253 e. The number of methoxy groups -OCH3 is 2. The molecule has 2 aromatic heterocycles. The number of aryl methyl sites for hydroxylation is 1. The molecule has 2 heterocycles. The Morgan fingerprint density at radius 3 is 2.38 bits per heavy atom. The molecule has 1 aliphatic carbocycles. The molecular formula is C34H39N3O4S. The molecule has 7 nitrogen and oxygen atoms in total. The van der Waals surface area contributed by atoms with Gasteiger partial charge in [0.25, 0.3) is 5.91 Å². The summed E-state index contributed by atoms with van der Waals surface area (Å²) in [6.45, 7) is 3.77. The predicted octanol–water partition coefficient (Wildman–Crippen LogP) is 7.38. The van der Waals surface area contributed by atoms with Gasteiger partial charge in [-0.3, -0.25) is 4.79 Å². The first-order valence-corrected chi connectivity index (χ1v) is 15.4. The first kappa shape index (κ1) is 29.5. The Kier molecular flexibility index (Phi) is 9.98. The lowest BCUT2D eigenvalue weighted by molar-refractivity contribution is 0.0953. The van der Waals surface area contributed by atoms with Gasteiger partial charge < -0.3 is 24.1 Å². The second-order valence-electron chi connectivity index (χ2n) is 10.5. The number of benzene rings is 2. The van der Waals surface area contributed by atoms with Crippen LogP contribution in [0.1, 0.15) is 58.7 Å². The molecule has 0 fully saturated rings. The van der Waals surface area contributed by atoms with E-state index in [-0.39, 0.29) is 5.91 Å². The zero-order chi connectivity index (χ0) is 29.3. The number of hydrogen-bond acceptors (Lipinski definition) is 6. The molecule has 0 atom stereocenters. The van der Waals surface area contributed by atoms with Crippen molar-refractivity contribution in [2.75, 3.05) is 20.8 Å². The summed E-state index contributed by atoms with van der Waals surface area (Å²) in [6, 6.07) is 17.6. The van der Waals surface area contributed by atoms with Gasteiger partial charge in [-0.2, -0.15) is 0 Å². The van der Waals surface area contributed by atoms with Gasteiger partial charge >= 0.3 is 0 Å². The van der Waals surface area contributed by atoms with Crippen molar-refractivity contribution in [2.24, 2.45) is 0 Å². The van der Waals surface area contributed by atoms with E-state index in [0.717, 1.165) is 71.6 Å². The predicted molar refractivity (Wildman–Crippen MR) is 168 cm³/mol. The summed E-state index contributed by atoms with van der Waals surface area (Å²) in [7, 11) is 3.32. The van der Waals surface area contributed by atoms with Crippen molar-refractivity contribution >= 4 is 17.2 Å². The molecule has 0 radical (unpaired) electrons. The number of ether oxygens (including phenoxy) is 3. The molecule has 8 heteroatoms. The van der Waals surface area contributed by atoms with Crippen LogP contribution in [-0.2, 0) is 19.6 Å². The van der Waals surface area contributed by atoms with Gasteiger partial charge in [-0.05, 0) is 93.5 Å². The normalized spacial score (nSPS) is 13.0. The highest BCUT2D eigenvalue weighted by atomic mass is 32.1. The van der Waals surface area contributed by atoms with E-state index in [1.54, 1.807) is 25.6 Å². The Hall–Kier alpha value is -4.04. The Labute approximate surface area is 252 Å². The summed E-state index contributed by atoms with van der Waals surface area (Å²) in [4.78, 5) is 18.3. The van der Waals surface area contributed by atoms with E-state index in [9.17, 15) is 4.79 Å². The van der Waals surface area contributed by atoms with Crippen molar-refractivity contribution in [1.29, 1.82) is 0 Å². The monoisotopic (exact) mass is 585 g/mol. The van der Waals surface area contributed by atoms with Crippen molar-refractivity contribution in [1.82, 2.24) is 14.9 Å². The molecule has 220 valence electrons. The number of allylic oxidation sites excluding steroid dienone is 1. The minimum Gasteiger partial charge on any atom is -0.497 e. The number of aromatic nitrogens is 2. The Morgan fingerprint density at radius 2 is 1.69 bits per heavy atom. The molecule has 0 saturated heterocycles. The number of hydrogen-bond donors (Lipinski definition) is 1. The van der Waals surface area contributed by atoms with Crippen LogP contribution < -0.4 is 19.5 Å². The highest BCUT2D eigenvalue weighted by molar-refractivity contribution is 7.09. The van der Waals surface area contributed by atoms with Gasteiger partial charge in [-0.1, -0.05) is 23.8 Å². The number of rotatable bonds is 13. The van der Waals surface area contributed by atoms with Crippen molar-refractivity contribution in [2.45, 2.75) is 58.6 Å². The van der Waals surface area contributed by atoms with Gasteiger partial charge in [0.15, 0.2) is 0 Å². The molecule has 0 saturated carbocycles. The van der Waals surface area contributed by atoms with Gasteiger partial charge in [0.05, 0.1) is 31.2 Å². The number of thiazole rings is 1. The molecule has 5 rings (SSSR count). The number of amides is 1. The Bertz CT molecular complexity index is 1500. The number of carbonyl (C=O) groups is 1. The lowest BCUT2D eigenvalue weighted by atomic mass is 9.97. The molecular weight excluding hydrogens is 546 g/mol. The fourth-order valence-corrected chi connectivity index (χ4v) is 5.98. The average Bonchev–Trinajstić information content (AvgIpc) is 3.64. The number of nitrogens with zero attached hydrogens (tertiary/aromatic N) is 2. The van der Waals surface area contributed by atoms with Gasteiger partial charge in [0.2, 0.25) is 0 Å². The first-order chi connectivity index (χ1) is 20.5. The third kappa shape index (κ3) is 7.42. The zero-order valence-corrected chi connectivity index (χ0v) is 25.5. The molecule has 42 heavy (non-hydrogen) atoms. The van der Waals surface area contributed by atoms with Crippen LogP contribution in [0.2, 0.25) is 0 Å². The maximum atomic E-state index is 13.4. The molecule has 4 aromatic rings. The fraction of sp³-hybridized carbons (Fsp3) is 0.353. The quantitative estimate of drug-likeness (QED) is 0.166. The van der Waals surface area contributed by atoms with E-state index in [1.807, 2.05) is 54.8 Å². The van der Waals surface area contributed by atoms with Crippen LogP contribution in [0.4, 0.5) is 0 Å². The largest absolute Gasteiger partial charge is 0.497 e. The standard InChI is InChI=1S/C34H39N3O4S/c1-24-30(34(38)35-19-17-25-7-5-4-6-8-25)21-32(37(24)20-18-26-9-11-27(39-2)12-10-26)31-23-42-33(36-31)22-41-29-15-13-28(40-3)14-16-29/h7,9-16,21,23H,4-6,8,17-20,22H2,1-3H3,(H,35,38). The van der Waals surface area contributed by atoms with Gasteiger partial charge in [0, 0.05) is 24.2 Å². The molecule has 1 amide bonds. The van der Waals surface area contributed by atoms with Crippen LogP contribution in [0.25, 0.3) is 11.4 Å². The van der Waals surface area contributed by atoms with E-state index in [4.69, 9.17) is 19.2 Å². The van der Waals surface area contributed by atoms with Gasteiger partial charge in [0.1, 0.15) is 28.9 Å². The van der Waals surface area contributed by atoms with Crippen LogP contribution >= 0.6 is 11.3 Å². The summed E-state index contributed by atoms with van der Waals surface area (Å²) < 4.78 is 18.7. The van der Waals surface area contributed by atoms with Crippen molar-refractivity contribution in [3.8, 4) is 28.6 Å². The summed E-state index contributed by atoms with van der Waals surface area (Å²) in [6.07, 6.45) is 8.90. The highest BCUT2D eigenvalue weighted by Crippen LogP contribution is 2.29. The number of nitrogens with one attached hydrogen (secondary N) is 1. The second-order valence-corrected chi connectivity index (χ2v) is 11.4. The second kappa shape index (κ2) is 14.2. The van der Waals surface area contributed by atoms with Crippen LogP contribution in [0, 0.1) is 6.92 Å². The van der Waals surface area contributed by atoms with Crippen LogP contribution in [0.15, 0.2) is 71.6 Å². The van der Waals surface area contributed by atoms with Crippen LogP contribution in [0.3, 0.4) is 0 Å². The minimum atomic E-state index is -0.0355. The van der Waals surface area contributed by atoms with Gasteiger partial charge in [-0.25, -0.2) is 4.98 Å². The third-order valence-electron chi connectivity index (χ3n) is 7.75. The number of carbonyl (C=O) groups excluding carboxylic acids is 1. The van der Waals surface area contributed by atoms with Crippen molar-refractivity contribution in [3.63, 3.8) is 0 Å². The Morgan fingerprint density at radius 1 is 0.976 bits per heavy atom. The summed E-state index contributed by atoms with van der Waals surface area (Å²) in [5.74, 6) is 2.35. The van der Waals surface area contributed by atoms with E-state index >= 15 is 0 Å². The van der Waals surface area contributed by atoms with E-state index in [0.29, 0.717) is 18.7 Å². The summed E-state index contributed by atoms with van der Waals surface area (Å²) >= 11 is 1.56. The molecule has 1 aliphatic rings. The lowest BCUT2D eigenvalue weighted by Crippen LogP contribution is -2.25. The SMILES string of the molecule is COc1ccc(CCn2c(-c3csc(COc4ccc(OC)cc4)n3)cc(C(=O)NCCC3=CCCCC3)c2C)cc1. The fourth-order valence-electron chi connectivity index (χ4n) is 5.28. The van der Waals surface area contributed by atoms with E-state index in [1.165, 1.54) is 24.0 Å². The van der Waals surface area contributed by atoms with Crippen molar-refractivity contribution in [3.05, 3.63) is 93.5 Å². The average molecular weight is 586 g/mol. The molecule has 0 bridgehead atoms. The first-order valence-electron chi connectivity index (χ1n) is 14.5. The van der Waals surface area contributed by atoms with Crippen molar-refractivity contribution < 1.29 is 19.0 Å².